The molecule has 0 bridgehead atoms. The quantitative estimate of drug-likeness (QED) is 0.888. The Morgan fingerprint density at radius 1 is 1.40 bits per heavy atom. The van der Waals surface area contributed by atoms with Crippen LogP contribution in [0.25, 0.3) is 0 Å². The molecule has 0 aliphatic carbocycles. The van der Waals surface area contributed by atoms with Crippen LogP contribution in [0.1, 0.15) is 37.9 Å². The maximum Gasteiger partial charge on any atom is 0.339 e. The molecule has 0 saturated heterocycles. The topological polar surface area (TPSA) is 92.4 Å². The van der Waals surface area contributed by atoms with Gasteiger partial charge in [0.2, 0.25) is 0 Å². The Hall–Kier alpha value is -2.63. The molecule has 0 aromatic carbocycles. The number of aromatic nitrogens is 1. The number of amides is 1. The van der Waals surface area contributed by atoms with E-state index in [0.29, 0.717) is 17.2 Å². The second kappa shape index (κ2) is 5.56. The second-order valence-corrected chi connectivity index (χ2v) is 4.34. The van der Waals surface area contributed by atoms with Crippen LogP contribution < -0.4 is 5.32 Å². The molecule has 104 valence electrons. The largest absolute Gasteiger partial charge is 0.478 e. The first-order chi connectivity index (χ1) is 9.49. The monoisotopic (exact) mass is 274 g/mol. The van der Waals surface area contributed by atoms with Crippen molar-refractivity contribution in [2.24, 2.45) is 0 Å². The molecule has 2 heterocycles. The van der Waals surface area contributed by atoms with Gasteiger partial charge in [-0.1, -0.05) is 6.07 Å². The predicted molar refractivity (Wildman–Crippen MR) is 70.5 cm³/mol. The SMILES string of the molecule is Cc1cccnc1C(=O)NCc1cc(C(=O)O)c(C)o1. The summed E-state index contributed by atoms with van der Waals surface area (Å²) in [6, 6.07) is 4.95. The summed E-state index contributed by atoms with van der Waals surface area (Å²) in [5.41, 5.74) is 1.21. The number of aryl methyl sites for hydroxylation is 2. The fourth-order valence-electron chi connectivity index (χ4n) is 1.82. The van der Waals surface area contributed by atoms with E-state index in [9.17, 15) is 9.59 Å². The van der Waals surface area contributed by atoms with Gasteiger partial charge in [-0.3, -0.25) is 9.78 Å². The Bertz CT molecular complexity index is 661. The maximum absolute atomic E-state index is 11.9. The number of carbonyl (C=O) groups is 2. The van der Waals surface area contributed by atoms with E-state index in [1.807, 2.05) is 0 Å². The Balaban J connectivity index is 2.06. The van der Waals surface area contributed by atoms with E-state index in [1.54, 1.807) is 32.2 Å². The van der Waals surface area contributed by atoms with Gasteiger partial charge in [0.1, 0.15) is 22.8 Å². The average Bonchev–Trinajstić information content (AvgIpc) is 2.78. The molecule has 2 N–H and O–H groups in total. The summed E-state index contributed by atoms with van der Waals surface area (Å²) in [6.07, 6.45) is 1.54. The van der Waals surface area contributed by atoms with E-state index >= 15 is 0 Å². The Labute approximate surface area is 115 Å². The minimum Gasteiger partial charge on any atom is -0.478 e. The van der Waals surface area contributed by atoms with Gasteiger partial charge in [0.25, 0.3) is 5.91 Å². The van der Waals surface area contributed by atoms with Crippen LogP contribution >= 0.6 is 0 Å². The molecule has 0 aliphatic heterocycles. The van der Waals surface area contributed by atoms with Gasteiger partial charge in [-0.15, -0.1) is 0 Å². The number of furan rings is 1. The van der Waals surface area contributed by atoms with E-state index < -0.39 is 5.97 Å². The molecule has 0 atom stereocenters. The lowest BCUT2D eigenvalue weighted by atomic mass is 10.2. The van der Waals surface area contributed by atoms with Gasteiger partial charge >= 0.3 is 5.97 Å². The van der Waals surface area contributed by atoms with Gasteiger partial charge in [-0.05, 0) is 31.5 Å². The number of carboxylic acid groups (broad SMARTS) is 1. The van der Waals surface area contributed by atoms with E-state index in [2.05, 4.69) is 10.3 Å². The molecular weight excluding hydrogens is 260 g/mol. The van der Waals surface area contributed by atoms with Crippen LogP contribution in [0.3, 0.4) is 0 Å². The fraction of sp³-hybridized carbons (Fsp3) is 0.214. The maximum atomic E-state index is 11.9. The molecule has 0 aliphatic rings. The van der Waals surface area contributed by atoms with Crippen LogP contribution in [0, 0.1) is 13.8 Å². The average molecular weight is 274 g/mol. The zero-order chi connectivity index (χ0) is 14.7. The number of pyridine rings is 1. The number of carboxylic acids is 1. The smallest absolute Gasteiger partial charge is 0.339 e. The molecular formula is C14H14N2O4. The number of carbonyl (C=O) groups excluding carboxylic acids is 1. The summed E-state index contributed by atoms with van der Waals surface area (Å²) in [6.45, 7) is 3.47. The molecule has 2 rings (SSSR count). The molecule has 6 nitrogen and oxygen atoms in total. The zero-order valence-electron chi connectivity index (χ0n) is 11.1. The number of hydrogen-bond donors (Lipinski definition) is 2. The van der Waals surface area contributed by atoms with Crippen LogP contribution in [0.4, 0.5) is 0 Å². The van der Waals surface area contributed by atoms with Crippen molar-refractivity contribution < 1.29 is 19.1 Å². The minimum atomic E-state index is -1.05. The zero-order valence-corrected chi connectivity index (χ0v) is 11.1. The van der Waals surface area contributed by atoms with Crippen molar-refractivity contribution in [2.75, 3.05) is 0 Å². The van der Waals surface area contributed by atoms with Gasteiger partial charge in [0.15, 0.2) is 0 Å². The van der Waals surface area contributed by atoms with E-state index in [4.69, 9.17) is 9.52 Å². The predicted octanol–water partition coefficient (Wildman–Crippen LogP) is 1.92. The molecule has 6 heteroatoms. The lowest BCUT2D eigenvalue weighted by molar-refractivity contribution is 0.0694. The van der Waals surface area contributed by atoms with Crippen LogP contribution in [0.5, 0.6) is 0 Å². The molecule has 0 radical (unpaired) electrons. The summed E-state index contributed by atoms with van der Waals surface area (Å²) < 4.78 is 5.28. The van der Waals surface area contributed by atoms with Gasteiger partial charge in [0.05, 0.1) is 6.54 Å². The van der Waals surface area contributed by atoms with Crippen LogP contribution in [-0.4, -0.2) is 22.0 Å². The molecule has 2 aromatic heterocycles. The van der Waals surface area contributed by atoms with Gasteiger partial charge in [0, 0.05) is 6.20 Å². The standard InChI is InChI=1S/C14H14N2O4/c1-8-4-3-5-15-12(8)13(17)16-7-10-6-11(14(18)19)9(2)20-10/h3-6H,7H2,1-2H3,(H,16,17)(H,18,19). The minimum absolute atomic E-state index is 0.100. The van der Waals surface area contributed by atoms with Gasteiger partial charge in [-0.2, -0.15) is 0 Å². The second-order valence-electron chi connectivity index (χ2n) is 4.34. The molecule has 0 fully saturated rings. The number of aromatic carboxylic acids is 1. The number of hydrogen-bond acceptors (Lipinski definition) is 4. The highest BCUT2D eigenvalue weighted by Crippen LogP contribution is 2.14. The fourth-order valence-corrected chi connectivity index (χ4v) is 1.82. The third kappa shape index (κ3) is 2.85. The molecule has 0 spiro atoms. The lowest BCUT2D eigenvalue weighted by Crippen LogP contribution is -2.24. The molecule has 0 unspecified atom stereocenters. The highest BCUT2D eigenvalue weighted by molar-refractivity contribution is 5.93. The summed E-state index contributed by atoms with van der Waals surface area (Å²) in [7, 11) is 0. The summed E-state index contributed by atoms with van der Waals surface area (Å²) in [5, 5.41) is 11.6. The van der Waals surface area contributed by atoms with E-state index in [0.717, 1.165) is 5.56 Å². The van der Waals surface area contributed by atoms with Gasteiger partial charge in [-0.25, -0.2) is 4.79 Å². The Morgan fingerprint density at radius 2 is 2.15 bits per heavy atom. The molecule has 1 amide bonds. The van der Waals surface area contributed by atoms with E-state index in [-0.39, 0.29) is 18.0 Å². The molecule has 20 heavy (non-hydrogen) atoms. The normalized spacial score (nSPS) is 10.3. The van der Waals surface area contributed by atoms with Gasteiger partial charge < -0.3 is 14.8 Å². The third-order valence-electron chi connectivity index (χ3n) is 2.85. The number of nitrogens with one attached hydrogen (secondary N) is 1. The van der Waals surface area contributed by atoms with Crippen molar-refractivity contribution in [2.45, 2.75) is 20.4 Å². The van der Waals surface area contributed by atoms with E-state index in [1.165, 1.54) is 6.07 Å². The van der Waals surface area contributed by atoms with Crippen molar-refractivity contribution in [3.8, 4) is 0 Å². The van der Waals surface area contributed by atoms with Crippen molar-refractivity contribution in [3.05, 3.63) is 52.7 Å². The Kier molecular flexibility index (Phi) is 3.84. The Morgan fingerprint density at radius 3 is 2.75 bits per heavy atom. The lowest BCUT2D eigenvalue weighted by Gasteiger charge is -2.04. The van der Waals surface area contributed by atoms with Crippen molar-refractivity contribution in [1.82, 2.24) is 10.3 Å². The number of nitrogens with zero attached hydrogens (tertiary/aromatic N) is 1. The highest BCUT2D eigenvalue weighted by Gasteiger charge is 2.15. The first-order valence-electron chi connectivity index (χ1n) is 6.01. The summed E-state index contributed by atoms with van der Waals surface area (Å²) in [4.78, 5) is 26.8. The highest BCUT2D eigenvalue weighted by atomic mass is 16.4. The van der Waals surface area contributed by atoms with Crippen LogP contribution in [-0.2, 0) is 6.54 Å². The summed E-state index contributed by atoms with van der Waals surface area (Å²) >= 11 is 0. The first-order valence-corrected chi connectivity index (χ1v) is 6.01. The third-order valence-corrected chi connectivity index (χ3v) is 2.85. The summed E-state index contributed by atoms with van der Waals surface area (Å²) in [5.74, 6) is -0.670. The van der Waals surface area contributed by atoms with Crippen molar-refractivity contribution in [3.63, 3.8) is 0 Å². The van der Waals surface area contributed by atoms with Crippen LogP contribution in [0.15, 0.2) is 28.8 Å². The molecule has 2 aromatic rings. The van der Waals surface area contributed by atoms with Crippen molar-refractivity contribution >= 4 is 11.9 Å². The van der Waals surface area contributed by atoms with Crippen molar-refractivity contribution in [1.29, 1.82) is 0 Å². The molecule has 0 saturated carbocycles. The first kappa shape index (κ1) is 13.8. The number of rotatable bonds is 4. The van der Waals surface area contributed by atoms with Crippen LogP contribution in [0.2, 0.25) is 0 Å².